The van der Waals surface area contributed by atoms with Gasteiger partial charge < -0.3 is 5.11 Å². The van der Waals surface area contributed by atoms with Gasteiger partial charge in [-0.25, -0.2) is 0 Å². The number of imide groups is 1. The molecule has 0 aromatic heterocycles. The molecule has 0 radical (unpaired) electrons. The first-order valence-electron chi connectivity index (χ1n) is 6.88. The molecule has 1 saturated carbocycles. The Morgan fingerprint density at radius 2 is 1.84 bits per heavy atom. The zero-order chi connectivity index (χ0) is 14.3. The van der Waals surface area contributed by atoms with Gasteiger partial charge in [0.25, 0.3) is 0 Å². The zero-order valence-electron chi connectivity index (χ0n) is 11.6. The minimum atomic E-state index is -0.991. The van der Waals surface area contributed by atoms with Crippen LogP contribution in [0.1, 0.15) is 58.8 Å². The molecule has 1 aliphatic carbocycles. The van der Waals surface area contributed by atoms with Crippen LogP contribution >= 0.6 is 0 Å². The summed E-state index contributed by atoms with van der Waals surface area (Å²) in [4.78, 5) is 36.9. The number of aliphatic carboxylic acids is 1. The zero-order valence-corrected chi connectivity index (χ0v) is 11.6. The Labute approximate surface area is 113 Å². The fourth-order valence-electron chi connectivity index (χ4n) is 3.48. The molecule has 19 heavy (non-hydrogen) atoms. The van der Waals surface area contributed by atoms with Crippen LogP contribution in [0.2, 0.25) is 0 Å². The van der Waals surface area contributed by atoms with E-state index in [1.54, 1.807) is 13.8 Å². The van der Waals surface area contributed by atoms with Crippen LogP contribution in [0.5, 0.6) is 0 Å². The molecule has 2 aliphatic rings. The molecule has 5 heteroatoms. The van der Waals surface area contributed by atoms with E-state index in [2.05, 4.69) is 0 Å². The van der Waals surface area contributed by atoms with Crippen LogP contribution < -0.4 is 0 Å². The Hall–Kier alpha value is -1.39. The van der Waals surface area contributed by atoms with Crippen LogP contribution in [0.4, 0.5) is 0 Å². The van der Waals surface area contributed by atoms with Crippen LogP contribution in [0, 0.1) is 5.41 Å². The molecule has 1 saturated heterocycles. The molecule has 1 aliphatic heterocycles. The Morgan fingerprint density at radius 1 is 1.26 bits per heavy atom. The summed E-state index contributed by atoms with van der Waals surface area (Å²) >= 11 is 0. The first kappa shape index (κ1) is 14.0. The highest BCUT2D eigenvalue weighted by atomic mass is 16.4. The van der Waals surface area contributed by atoms with E-state index in [1.807, 2.05) is 0 Å². The highest BCUT2D eigenvalue weighted by molar-refractivity contribution is 6.06. The van der Waals surface area contributed by atoms with Gasteiger partial charge in [0.05, 0.1) is 17.4 Å². The molecule has 0 bridgehead atoms. The molecule has 0 unspecified atom stereocenters. The molecule has 2 amide bonds. The van der Waals surface area contributed by atoms with Gasteiger partial charge in [-0.3, -0.25) is 19.3 Å². The number of hydrogen-bond donors (Lipinski definition) is 1. The number of carbonyl (C=O) groups is 3. The summed E-state index contributed by atoms with van der Waals surface area (Å²) in [6.45, 7) is 3.30. The van der Waals surface area contributed by atoms with Crippen LogP contribution in [-0.2, 0) is 14.4 Å². The predicted molar refractivity (Wildman–Crippen MR) is 68.3 cm³/mol. The number of amides is 2. The molecular formula is C14H21NO4. The summed E-state index contributed by atoms with van der Waals surface area (Å²) in [5.41, 5.74) is -1.48. The van der Waals surface area contributed by atoms with Crippen molar-refractivity contribution in [2.45, 2.75) is 64.3 Å². The Morgan fingerprint density at radius 3 is 2.37 bits per heavy atom. The van der Waals surface area contributed by atoms with Crippen molar-refractivity contribution in [1.82, 2.24) is 4.90 Å². The van der Waals surface area contributed by atoms with E-state index in [4.69, 9.17) is 5.11 Å². The number of hydrogen-bond acceptors (Lipinski definition) is 3. The number of rotatable bonds is 3. The SMILES string of the molecule is CC(C)(CC(=O)O)N1C(=O)CC2(CCCCC2)C1=O. The topological polar surface area (TPSA) is 74.7 Å². The summed E-state index contributed by atoms with van der Waals surface area (Å²) in [5, 5.41) is 8.93. The number of likely N-dealkylation sites (tertiary alicyclic amines) is 1. The lowest BCUT2D eigenvalue weighted by atomic mass is 9.73. The van der Waals surface area contributed by atoms with E-state index >= 15 is 0 Å². The van der Waals surface area contributed by atoms with Gasteiger partial charge >= 0.3 is 5.97 Å². The second-order valence-corrected chi connectivity index (χ2v) is 6.44. The predicted octanol–water partition coefficient (Wildman–Crippen LogP) is 1.95. The van der Waals surface area contributed by atoms with Gasteiger partial charge in [-0.2, -0.15) is 0 Å². The molecule has 2 rings (SSSR count). The van der Waals surface area contributed by atoms with Gasteiger partial charge in [0.1, 0.15) is 0 Å². The minimum Gasteiger partial charge on any atom is -0.481 e. The number of nitrogens with zero attached hydrogens (tertiary/aromatic N) is 1. The average molecular weight is 267 g/mol. The summed E-state index contributed by atoms with van der Waals surface area (Å²) in [7, 11) is 0. The molecule has 0 aromatic carbocycles. The summed E-state index contributed by atoms with van der Waals surface area (Å²) in [6.07, 6.45) is 4.64. The fourth-order valence-corrected chi connectivity index (χ4v) is 3.48. The number of carboxylic acid groups (broad SMARTS) is 1. The molecule has 0 aromatic rings. The van der Waals surface area contributed by atoms with E-state index < -0.39 is 16.9 Å². The second kappa shape index (κ2) is 4.62. The van der Waals surface area contributed by atoms with Crippen molar-refractivity contribution < 1.29 is 19.5 Å². The lowest BCUT2D eigenvalue weighted by Crippen LogP contribution is -2.50. The molecule has 1 N–H and O–H groups in total. The van der Waals surface area contributed by atoms with Gasteiger partial charge in [0.15, 0.2) is 0 Å². The molecule has 1 heterocycles. The van der Waals surface area contributed by atoms with Gasteiger partial charge in [0, 0.05) is 6.42 Å². The lowest BCUT2D eigenvalue weighted by molar-refractivity contribution is -0.151. The summed E-state index contributed by atoms with van der Waals surface area (Å²) in [6, 6.07) is 0. The van der Waals surface area contributed by atoms with Gasteiger partial charge in [-0.05, 0) is 26.7 Å². The fraction of sp³-hybridized carbons (Fsp3) is 0.786. The lowest BCUT2D eigenvalue weighted by Gasteiger charge is -2.36. The molecule has 2 fully saturated rings. The third kappa shape index (κ3) is 2.38. The molecule has 1 spiro atoms. The molecule has 5 nitrogen and oxygen atoms in total. The van der Waals surface area contributed by atoms with Gasteiger partial charge in [-0.1, -0.05) is 19.3 Å². The quantitative estimate of drug-likeness (QED) is 0.793. The van der Waals surface area contributed by atoms with Crippen molar-refractivity contribution in [3.8, 4) is 0 Å². The summed E-state index contributed by atoms with van der Waals surface area (Å²) in [5.74, 6) is -1.35. The maximum absolute atomic E-state index is 12.6. The normalized spacial score (nSPS) is 23.2. The monoisotopic (exact) mass is 267 g/mol. The van der Waals surface area contributed by atoms with E-state index in [1.165, 1.54) is 4.90 Å². The molecular weight excluding hydrogens is 246 g/mol. The van der Waals surface area contributed by atoms with Crippen molar-refractivity contribution >= 4 is 17.8 Å². The number of carboxylic acids is 1. The minimum absolute atomic E-state index is 0.150. The standard InChI is InChI=1S/C14H21NO4/c1-13(2,9-11(17)18)15-10(16)8-14(12(15)19)6-4-3-5-7-14/h3-9H2,1-2H3,(H,17,18). The van der Waals surface area contributed by atoms with E-state index in [9.17, 15) is 14.4 Å². The Bertz CT molecular complexity index is 421. The first-order chi connectivity index (χ1) is 8.78. The maximum Gasteiger partial charge on any atom is 0.305 e. The van der Waals surface area contributed by atoms with Crippen molar-refractivity contribution in [1.29, 1.82) is 0 Å². The van der Waals surface area contributed by atoms with E-state index in [0.29, 0.717) is 0 Å². The van der Waals surface area contributed by atoms with Crippen LogP contribution in [0.15, 0.2) is 0 Å². The maximum atomic E-state index is 12.6. The van der Waals surface area contributed by atoms with Crippen LogP contribution in [0.25, 0.3) is 0 Å². The molecule has 0 atom stereocenters. The second-order valence-electron chi connectivity index (χ2n) is 6.44. The largest absolute Gasteiger partial charge is 0.481 e. The third-order valence-electron chi connectivity index (χ3n) is 4.40. The number of carbonyl (C=O) groups excluding carboxylic acids is 2. The summed E-state index contributed by atoms with van der Waals surface area (Å²) < 4.78 is 0. The van der Waals surface area contributed by atoms with Crippen molar-refractivity contribution in [2.75, 3.05) is 0 Å². The van der Waals surface area contributed by atoms with Gasteiger partial charge in [-0.15, -0.1) is 0 Å². The Balaban J connectivity index is 2.25. The first-order valence-corrected chi connectivity index (χ1v) is 6.88. The highest BCUT2D eigenvalue weighted by Crippen LogP contribution is 2.47. The van der Waals surface area contributed by atoms with Crippen molar-refractivity contribution in [2.24, 2.45) is 5.41 Å². The van der Waals surface area contributed by atoms with Crippen molar-refractivity contribution in [3.05, 3.63) is 0 Å². The van der Waals surface area contributed by atoms with E-state index in [0.717, 1.165) is 32.1 Å². The molecule has 106 valence electrons. The highest BCUT2D eigenvalue weighted by Gasteiger charge is 2.55. The Kier molecular flexibility index (Phi) is 3.41. The smallest absolute Gasteiger partial charge is 0.305 e. The van der Waals surface area contributed by atoms with Gasteiger partial charge in [0.2, 0.25) is 11.8 Å². The van der Waals surface area contributed by atoms with Crippen molar-refractivity contribution in [3.63, 3.8) is 0 Å². The van der Waals surface area contributed by atoms with Crippen LogP contribution in [0.3, 0.4) is 0 Å². The average Bonchev–Trinajstić information content (AvgIpc) is 2.50. The third-order valence-corrected chi connectivity index (χ3v) is 4.40. The van der Waals surface area contributed by atoms with Crippen LogP contribution in [-0.4, -0.2) is 33.3 Å². The van der Waals surface area contributed by atoms with E-state index in [-0.39, 0.29) is 24.7 Å².